The van der Waals surface area contributed by atoms with E-state index in [9.17, 15) is 0 Å². The Balaban J connectivity index is 1.97. The molecule has 0 radical (unpaired) electrons. The van der Waals surface area contributed by atoms with E-state index in [2.05, 4.69) is 31.0 Å². The van der Waals surface area contributed by atoms with E-state index in [0.717, 1.165) is 12.6 Å². The van der Waals surface area contributed by atoms with Gasteiger partial charge in [0.15, 0.2) is 0 Å². The van der Waals surface area contributed by atoms with Crippen LogP contribution in [0.25, 0.3) is 0 Å². The summed E-state index contributed by atoms with van der Waals surface area (Å²) in [7, 11) is 0. The Labute approximate surface area is 102 Å². The zero-order chi connectivity index (χ0) is 11.8. The average molecular weight is 226 g/mol. The highest BCUT2D eigenvalue weighted by Crippen LogP contribution is 2.15. The minimum atomic E-state index is 0.699. The van der Waals surface area contributed by atoms with Crippen molar-refractivity contribution in [1.29, 1.82) is 0 Å². The summed E-state index contributed by atoms with van der Waals surface area (Å²) < 4.78 is 0. The standard InChI is InChI=1S/C14H30N2/c1-4-5-6-8-13(2)15-10-12-16-11-7-9-14(16)3/h13-15H,4-12H2,1-3H3. The van der Waals surface area contributed by atoms with Gasteiger partial charge < -0.3 is 5.32 Å². The topological polar surface area (TPSA) is 15.3 Å². The van der Waals surface area contributed by atoms with E-state index in [0.29, 0.717) is 6.04 Å². The summed E-state index contributed by atoms with van der Waals surface area (Å²) in [6, 6.07) is 1.52. The lowest BCUT2D eigenvalue weighted by atomic mass is 10.1. The van der Waals surface area contributed by atoms with Crippen molar-refractivity contribution in [2.45, 2.75) is 71.4 Å². The van der Waals surface area contributed by atoms with Crippen LogP contribution in [0.1, 0.15) is 59.3 Å². The second-order valence-electron chi connectivity index (χ2n) is 5.38. The molecule has 2 nitrogen and oxygen atoms in total. The van der Waals surface area contributed by atoms with E-state index >= 15 is 0 Å². The SMILES string of the molecule is CCCCCC(C)NCCN1CCCC1C. The smallest absolute Gasteiger partial charge is 0.0110 e. The van der Waals surface area contributed by atoms with Crippen LogP contribution in [0.5, 0.6) is 0 Å². The fourth-order valence-corrected chi connectivity index (χ4v) is 2.58. The lowest BCUT2D eigenvalue weighted by Gasteiger charge is -2.22. The predicted octanol–water partition coefficient (Wildman–Crippen LogP) is 3.03. The van der Waals surface area contributed by atoms with Crippen LogP contribution in [-0.2, 0) is 0 Å². The molecule has 0 aromatic carbocycles. The van der Waals surface area contributed by atoms with Crippen LogP contribution >= 0.6 is 0 Å². The maximum absolute atomic E-state index is 3.65. The van der Waals surface area contributed by atoms with Gasteiger partial charge in [0, 0.05) is 25.2 Å². The molecule has 1 fully saturated rings. The normalized spacial score (nSPS) is 23.8. The van der Waals surface area contributed by atoms with Crippen molar-refractivity contribution in [3.8, 4) is 0 Å². The summed E-state index contributed by atoms with van der Waals surface area (Å²) in [6.07, 6.45) is 8.22. The van der Waals surface area contributed by atoms with E-state index in [1.54, 1.807) is 0 Å². The molecule has 2 unspecified atom stereocenters. The molecule has 1 rings (SSSR count). The maximum Gasteiger partial charge on any atom is 0.0110 e. The third-order valence-corrected chi connectivity index (χ3v) is 3.82. The highest BCUT2D eigenvalue weighted by atomic mass is 15.2. The van der Waals surface area contributed by atoms with Crippen LogP contribution in [0.2, 0.25) is 0 Å². The Morgan fingerprint density at radius 2 is 2.19 bits per heavy atom. The van der Waals surface area contributed by atoms with Gasteiger partial charge in [-0.2, -0.15) is 0 Å². The number of rotatable bonds is 8. The van der Waals surface area contributed by atoms with Crippen molar-refractivity contribution in [3.63, 3.8) is 0 Å². The largest absolute Gasteiger partial charge is 0.313 e. The minimum Gasteiger partial charge on any atom is -0.313 e. The Morgan fingerprint density at radius 3 is 2.81 bits per heavy atom. The summed E-state index contributed by atoms with van der Waals surface area (Å²) in [5.41, 5.74) is 0. The van der Waals surface area contributed by atoms with E-state index < -0.39 is 0 Å². The lowest BCUT2D eigenvalue weighted by Crippen LogP contribution is -2.37. The molecule has 1 saturated heterocycles. The van der Waals surface area contributed by atoms with Crippen LogP contribution in [0.15, 0.2) is 0 Å². The van der Waals surface area contributed by atoms with Gasteiger partial charge in [0.2, 0.25) is 0 Å². The van der Waals surface area contributed by atoms with Gasteiger partial charge >= 0.3 is 0 Å². The molecule has 0 saturated carbocycles. The first-order chi connectivity index (χ1) is 7.74. The molecule has 1 aliphatic rings. The first-order valence-electron chi connectivity index (χ1n) is 7.21. The summed E-state index contributed by atoms with van der Waals surface area (Å²) in [4.78, 5) is 2.62. The molecule has 2 atom stereocenters. The Hall–Kier alpha value is -0.0800. The monoisotopic (exact) mass is 226 g/mol. The van der Waals surface area contributed by atoms with Crippen LogP contribution in [0.3, 0.4) is 0 Å². The van der Waals surface area contributed by atoms with E-state index in [1.807, 2.05) is 0 Å². The number of hydrogen-bond acceptors (Lipinski definition) is 2. The molecule has 96 valence electrons. The first-order valence-corrected chi connectivity index (χ1v) is 7.21. The van der Waals surface area contributed by atoms with Gasteiger partial charge in [0.1, 0.15) is 0 Å². The molecular weight excluding hydrogens is 196 g/mol. The van der Waals surface area contributed by atoms with Gasteiger partial charge in [-0.05, 0) is 39.7 Å². The third-order valence-electron chi connectivity index (χ3n) is 3.82. The molecule has 0 aliphatic carbocycles. The maximum atomic E-state index is 3.65. The van der Waals surface area contributed by atoms with Gasteiger partial charge in [-0.15, -0.1) is 0 Å². The number of likely N-dealkylation sites (tertiary alicyclic amines) is 1. The Kier molecular flexibility index (Phi) is 7.06. The van der Waals surface area contributed by atoms with E-state index in [4.69, 9.17) is 0 Å². The summed E-state index contributed by atoms with van der Waals surface area (Å²) in [5, 5.41) is 3.65. The van der Waals surface area contributed by atoms with Crippen molar-refractivity contribution >= 4 is 0 Å². The molecule has 0 bridgehead atoms. The van der Waals surface area contributed by atoms with Crippen LogP contribution < -0.4 is 5.32 Å². The number of nitrogens with zero attached hydrogens (tertiary/aromatic N) is 1. The first kappa shape index (κ1) is 14.0. The number of unbranched alkanes of at least 4 members (excludes halogenated alkanes) is 2. The lowest BCUT2D eigenvalue weighted by molar-refractivity contribution is 0.263. The van der Waals surface area contributed by atoms with E-state index in [1.165, 1.54) is 51.6 Å². The quantitative estimate of drug-likeness (QED) is 0.640. The molecule has 0 aromatic heterocycles. The highest BCUT2D eigenvalue weighted by Gasteiger charge is 2.19. The van der Waals surface area contributed by atoms with Crippen molar-refractivity contribution in [1.82, 2.24) is 10.2 Å². The van der Waals surface area contributed by atoms with Gasteiger partial charge in [-0.3, -0.25) is 4.90 Å². The molecule has 2 heteroatoms. The molecule has 1 heterocycles. The highest BCUT2D eigenvalue weighted by molar-refractivity contribution is 4.76. The molecule has 1 N–H and O–H groups in total. The zero-order valence-corrected chi connectivity index (χ0v) is 11.5. The minimum absolute atomic E-state index is 0.699. The zero-order valence-electron chi connectivity index (χ0n) is 11.5. The molecule has 16 heavy (non-hydrogen) atoms. The van der Waals surface area contributed by atoms with Crippen LogP contribution in [-0.4, -0.2) is 36.6 Å². The third kappa shape index (κ3) is 5.31. The molecule has 0 spiro atoms. The number of hydrogen-bond donors (Lipinski definition) is 1. The number of nitrogens with one attached hydrogen (secondary N) is 1. The van der Waals surface area contributed by atoms with Crippen LogP contribution in [0.4, 0.5) is 0 Å². The van der Waals surface area contributed by atoms with E-state index in [-0.39, 0.29) is 0 Å². The summed E-state index contributed by atoms with van der Waals surface area (Å²) in [5.74, 6) is 0. The predicted molar refractivity (Wildman–Crippen MR) is 71.9 cm³/mol. The van der Waals surface area contributed by atoms with Crippen molar-refractivity contribution < 1.29 is 0 Å². The van der Waals surface area contributed by atoms with Gasteiger partial charge in [0.05, 0.1) is 0 Å². The van der Waals surface area contributed by atoms with Crippen molar-refractivity contribution in [2.75, 3.05) is 19.6 Å². The fourth-order valence-electron chi connectivity index (χ4n) is 2.58. The Bertz CT molecular complexity index is 170. The van der Waals surface area contributed by atoms with Crippen molar-refractivity contribution in [3.05, 3.63) is 0 Å². The second kappa shape index (κ2) is 8.08. The van der Waals surface area contributed by atoms with Gasteiger partial charge in [-0.1, -0.05) is 26.2 Å². The molecule has 0 aromatic rings. The average Bonchev–Trinajstić information content (AvgIpc) is 2.65. The molecular formula is C14H30N2. The Morgan fingerprint density at radius 1 is 1.38 bits per heavy atom. The van der Waals surface area contributed by atoms with Crippen LogP contribution in [0, 0.1) is 0 Å². The second-order valence-corrected chi connectivity index (χ2v) is 5.38. The molecule has 0 amide bonds. The fraction of sp³-hybridized carbons (Fsp3) is 1.00. The van der Waals surface area contributed by atoms with Gasteiger partial charge in [0.25, 0.3) is 0 Å². The van der Waals surface area contributed by atoms with Gasteiger partial charge in [-0.25, -0.2) is 0 Å². The summed E-state index contributed by atoms with van der Waals surface area (Å²) in [6.45, 7) is 10.7. The summed E-state index contributed by atoms with van der Waals surface area (Å²) >= 11 is 0. The molecule has 1 aliphatic heterocycles. The van der Waals surface area contributed by atoms with Crippen molar-refractivity contribution in [2.24, 2.45) is 0 Å².